The van der Waals surface area contributed by atoms with E-state index in [9.17, 15) is 4.39 Å². The Labute approximate surface area is 127 Å². The molecule has 2 nitrogen and oxygen atoms in total. The van der Waals surface area contributed by atoms with Gasteiger partial charge in [-0.3, -0.25) is 0 Å². The van der Waals surface area contributed by atoms with Gasteiger partial charge in [0.1, 0.15) is 11.6 Å². The average molecular weight is 313 g/mol. The van der Waals surface area contributed by atoms with Crippen molar-refractivity contribution in [1.82, 2.24) is 9.55 Å². The first kappa shape index (κ1) is 14.2. The van der Waals surface area contributed by atoms with E-state index in [0.29, 0.717) is 17.5 Å². The minimum atomic E-state index is -0.182. The summed E-state index contributed by atoms with van der Waals surface area (Å²) in [5, 5.41) is 0. The molecule has 0 atom stereocenters. The van der Waals surface area contributed by atoms with Crippen molar-refractivity contribution in [3.63, 3.8) is 0 Å². The summed E-state index contributed by atoms with van der Waals surface area (Å²) in [6.07, 6.45) is 3.05. The minimum absolute atomic E-state index is 0.182. The predicted molar refractivity (Wildman–Crippen MR) is 84.4 cm³/mol. The first-order valence-corrected chi connectivity index (χ1v) is 8.70. The summed E-state index contributed by atoms with van der Waals surface area (Å²) in [7, 11) is 0. The van der Waals surface area contributed by atoms with E-state index in [4.69, 9.17) is 11.6 Å². The molecule has 0 amide bonds. The van der Waals surface area contributed by atoms with Crippen LogP contribution in [0.2, 0.25) is 0 Å². The van der Waals surface area contributed by atoms with E-state index < -0.39 is 0 Å². The lowest BCUT2D eigenvalue weighted by atomic mass is 10.1. The number of nitrogens with zero attached hydrogens (tertiary/aromatic N) is 2. The zero-order valence-electron chi connectivity index (χ0n) is 11.5. The molecule has 1 aliphatic heterocycles. The number of halogens is 2. The molecule has 0 aliphatic carbocycles. The number of hydrogen-bond acceptors (Lipinski definition) is 2. The Hall–Kier alpha value is -0.740. The van der Waals surface area contributed by atoms with E-state index in [-0.39, 0.29) is 5.82 Å². The van der Waals surface area contributed by atoms with Crippen molar-refractivity contribution >= 4 is 34.4 Å². The van der Waals surface area contributed by atoms with Gasteiger partial charge in [0.2, 0.25) is 0 Å². The van der Waals surface area contributed by atoms with Gasteiger partial charge in [-0.1, -0.05) is 0 Å². The van der Waals surface area contributed by atoms with Gasteiger partial charge in [0, 0.05) is 24.4 Å². The fraction of sp³-hybridized carbons (Fsp3) is 0.533. The third kappa shape index (κ3) is 2.56. The normalized spacial score (nSPS) is 16.9. The Bertz CT molecular complexity index is 620. The van der Waals surface area contributed by atoms with Crippen LogP contribution in [0.1, 0.15) is 30.3 Å². The van der Waals surface area contributed by atoms with E-state index >= 15 is 0 Å². The van der Waals surface area contributed by atoms with E-state index in [1.165, 1.54) is 11.5 Å². The summed E-state index contributed by atoms with van der Waals surface area (Å²) < 4.78 is 16.0. The second-order valence-electron chi connectivity index (χ2n) is 5.27. The molecule has 5 heteroatoms. The maximum Gasteiger partial charge on any atom is 0.128 e. The van der Waals surface area contributed by atoms with Crippen molar-refractivity contribution in [2.75, 3.05) is 17.4 Å². The second-order valence-corrected chi connectivity index (χ2v) is 6.87. The SMILES string of the molecule is Cc1cc2c(cc1F)nc(CCCl)n2C1CCSCC1. The monoisotopic (exact) mass is 312 g/mol. The first-order chi connectivity index (χ1) is 9.70. The second kappa shape index (κ2) is 5.94. The Morgan fingerprint density at radius 3 is 2.85 bits per heavy atom. The number of imidazole rings is 1. The molecule has 1 aromatic carbocycles. The van der Waals surface area contributed by atoms with E-state index in [2.05, 4.69) is 9.55 Å². The molecular formula is C15H18ClFN2S. The van der Waals surface area contributed by atoms with Crippen molar-refractivity contribution in [2.24, 2.45) is 0 Å². The van der Waals surface area contributed by atoms with Gasteiger partial charge in [-0.05, 0) is 42.9 Å². The van der Waals surface area contributed by atoms with E-state index in [0.717, 1.165) is 36.1 Å². The molecule has 3 rings (SSSR count). The van der Waals surface area contributed by atoms with Gasteiger partial charge in [0.05, 0.1) is 11.0 Å². The number of aromatic nitrogens is 2. The molecule has 0 N–H and O–H groups in total. The van der Waals surface area contributed by atoms with E-state index in [1.54, 1.807) is 6.07 Å². The van der Waals surface area contributed by atoms with Gasteiger partial charge in [-0.25, -0.2) is 9.37 Å². The number of hydrogen-bond donors (Lipinski definition) is 0. The summed E-state index contributed by atoms with van der Waals surface area (Å²) in [4.78, 5) is 4.61. The summed E-state index contributed by atoms with van der Waals surface area (Å²) in [5.41, 5.74) is 2.49. The molecule has 0 unspecified atom stereocenters. The summed E-state index contributed by atoms with van der Waals surface area (Å²) in [5.74, 6) is 3.73. The summed E-state index contributed by atoms with van der Waals surface area (Å²) in [6, 6.07) is 3.96. The molecule has 1 saturated heterocycles. The topological polar surface area (TPSA) is 17.8 Å². The summed E-state index contributed by atoms with van der Waals surface area (Å²) >= 11 is 7.91. The van der Waals surface area contributed by atoms with Gasteiger partial charge in [-0.2, -0.15) is 11.8 Å². The van der Waals surface area contributed by atoms with Crippen LogP contribution in [0.4, 0.5) is 4.39 Å². The van der Waals surface area contributed by atoms with Crippen LogP contribution < -0.4 is 0 Å². The Morgan fingerprint density at radius 1 is 1.40 bits per heavy atom. The standard InChI is InChI=1S/C15H18ClFN2S/c1-10-8-14-13(9-12(10)17)18-15(2-5-16)19(14)11-3-6-20-7-4-11/h8-9,11H,2-7H2,1H3. The van der Waals surface area contributed by atoms with Crippen molar-refractivity contribution in [2.45, 2.75) is 32.2 Å². The zero-order chi connectivity index (χ0) is 14.1. The maximum absolute atomic E-state index is 13.7. The lowest BCUT2D eigenvalue weighted by Crippen LogP contribution is -2.17. The van der Waals surface area contributed by atoms with Crippen LogP contribution in [0.3, 0.4) is 0 Å². The summed E-state index contributed by atoms with van der Waals surface area (Å²) in [6.45, 7) is 1.81. The molecule has 20 heavy (non-hydrogen) atoms. The molecule has 1 aromatic heterocycles. The van der Waals surface area contributed by atoms with Crippen molar-refractivity contribution < 1.29 is 4.39 Å². The zero-order valence-corrected chi connectivity index (χ0v) is 13.1. The number of rotatable bonds is 3. The van der Waals surface area contributed by atoms with Crippen LogP contribution in [0.5, 0.6) is 0 Å². The number of benzene rings is 1. The average Bonchev–Trinajstić information content (AvgIpc) is 2.78. The Balaban J connectivity index is 2.14. The van der Waals surface area contributed by atoms with Crippen LogP contribution >= 0.6 is 23.4 Å². The molecular weight excluding hydrogens is 295 g/mol. The highest BCUT2D eigenvalue weighted by Gasteiger charge is 2.22. The van der Waals surface area contributed by atoms with Crippen LogP contribution in [0.25, 0.3) is 11.0 Å². The van der Waals surface area contributed by atoms with Gasteiger partial charge in [0.15, 0.2) is 0 Å². The van der Waals surface area contributed by atoms with Gasteiger partial charge >= 0.3 is 0 Å². The smallest absolute Gasteiger partial charge is 0.128 e. The fourth-order valence-corrected chi connectivity index (χ4v) is 4.13. The number of fused-ring (bicyclic) bond motifs is 1. The number of thioether (sulfide) groups is 1. The lowest BCUT2D eigenvalue weighted by Gasteiger charge is -2.25. The highest BCUT2D eigenvalue weighted by molar-refractivity contribution is 7.99. The molecule has 1 fully saturated rings. The molecule has 1 aliphatic rings. The molecule has 0 spiro atoms. The molecule has 0 saturated carbocycles. The fourth-order valence-electron chi connectivity index (χ4n) is 2.88. The predicted octanol–water partition coefficient (Wildman–Crippen LogP) is 4.33. The lowest BCUT2D eigenvalue weighted by molar-refractivity contribution is 0.466. The van der Waals surface area contributed by atoms with Crippen LogP contribution in [0.15, 0.2) is 12.1 Å². The number of aryl methyl sites for hydroxylation is 2. The van der Waals surface area contributed by atoms with Crippen LogP contribution in [0, 0.1) is 12.7 Å². The quantitative estimate of drug-likeness (QED) is 0.785. The minimum Gasteiger partial charge on any atom is -0.325 e. The molecule has 0 radical (unpaired) electrons. The van der Waals surface area contributed by atoms with Gasteiger partial charge < -0.3 is 4.57 Å². The largest absolute Gasteiger partial charge is 0.325 e. The van der Waals surface area contributed by atoms with Crippen molar-refractivity contribution in [3.8, 4) is 0 Å². The molecule has 0 bridgehead atoms. The highest BCUT2D eigenvalue weighted by Crippen LogP contribution is 2.32. The van der Waals surface area contributed by atoms with Gasteiger partial charge in [0.25, 0.3) is 0 Å². The highest BCUT2D eigenvalue weighted by atomic mass is 35.5. The van der Waals surface area contributed by atoms with Crippen molar-refractivity contribution in [3.05, 3.63) is 29.3 Å². The number of alkyl halides is 1. The molecule has 2 aromatic rings. The molecule has 108 valence electrons. The third-order valence-corrected chi connectivity index (χ3v) is 5.15. The van der Waals surface area contributed by atoms with E-state index in [1.807, 2.05) is 24.8 Å². The van der Waals surface area contributed by atoms with Crippen molar-refractivity contribution in [1.29, 1.82) is 0 Å². The van der Waals surface area contributed by atoms with Crippen LogP contribution in [-0.2, 0) is 6.42 Å². The van der Waals surface area contributed by atoms with Gasteiger partial charge in [-0.15, -0.1) is 11.6 Å². The maximum atomic E-state index is 13.7. The van der Waals surface area contributed by atoms with Crippen LogP contribution in [-0.4, -0.2) is 26.9 Å². The third-order valence-electron chi connectivity index (χ3n) is 3.92. The Morgan fingerprint density at radius 2 is 2.15 bits per heavy atom. The first-order valence-electron chi connectivity index (χ1n) is 7.01. The Kier molecular flexibility index (Phi) is 4.22. The molecule has 2 heterocycles.